The number of rotatable bonds is 7. The first-order valence-electron chi connectivity index (χ1n) is 5.81. The van der Waals surface area contributed by atoms with Gasteiger partial charge in [0.2, 0.25) is 0 Å². The van der Waals surface area contributed by atoms with Crippen LogP contribution in [0.4, 0.5) is 4.79 Å². The summed E-state index contributed by atoms with van der Waals surface area (Å²) in [6.07, 6.45) is 1.67. The lowest BCUT2D eigenvalue weighted by Gasteiger charge is -2.08. The lowest BCUT2D eigenvalue weighted by Crippen LogP contribution is -2.37. The Morgan fingerprint density at radius 2 is 2.21 bits per heavy atom. The van der Waals surface area contributed by atoms with Crippen LogP contribution in [0.5, 0.6) is 0 Å². The van der Waals surface area contributed by atoms with Crippen LogP contribution in [0.2, 0.25) is 0 Å². The van der Waals surface area contributed by atoms with Gasteiger partial charge in [0.05, 0.1) is 18.8 Å². The smallest absolute Gasteiger partial charge is 0.329 e. The maximum absolute atomic E-state index is 11.4. The number of aromatic nitrogens is 1. The number of aryl methyl sites for hydroxylation is 1. The highest BCUT2D eigenvalue weighted by Gasteiger charge is 2.03. The lowest BCUT2D eigenvalue weighted by molar-refractivity contribution is -0.142. The Balaban J connectivity index is 2.15. The van der Waals surface area contributed by atoms with Gasteiger partial charge in [-0.15, -0.1) is 0 Å². The van der Waals surface area contributed by atoms with E-state index in [9.17, 15) is 9.59 Å². The molecular formula is C12H17N3O4. The zero-order valence-electron chi connectivity index (χ0n) is 10.7. The van der Waals surface area contributed by atoms with Crippen molar-refractivity contribution in [3.8, 4) is 0 Å². The number of nitrogens with zero attached hydrogens (tertiary/aromatic N) is 1. The molecule has 0 aliphatic heterocycles. The second-order valence-corrected chi connectivity index (χ2v) is 3.82. The third-order valence-electron chi connectivity index (χ3n) is 2.29. The van der Waals surface area contributed by atoms with Gasteiger partial charge in [-0.2, -0.15) is 0 Å². The second kappa shape index (κ2) is 8.04. The Labute approximate surface area is 111 Å². The number of carbonyl (C=O) groups excluding carboxylic acids is 1. The predicted octanol–water partition coefficient (Wildman–Crippen LogP) is 0.290. The van der Waals surface area contributed by atoms with Crippen molar-refractivity contribution < 1.29 is 19.4 Å². The van der Waals surface area contributed by atoms with E-state index in [2.05, 4.69) is 15.6 Å². The molecule has 0 saturated heterocycles. The number of urea groups is 1. The van der Waals surface area contributed by atoms with Gasteiger partial charge in [-0.05, 0) is 18.6 Å². The van der Waals surface area contributed by atoms with Gasteiger partial charge in [0.1, 0.15) is 6.61 Å². The summed E-state index contributed by atoms with van der Waals surface area (Å²) in [6, 6.07) is 3.41. The number of carboxylic acid groups (broad SMARTS) is 1. The van der Waals surface area contributed by atoms with E-state index in [-0.39, 0.29) is 25.8 Å². The molecule has 3 N–H and O–H groups in total. The van der Waals surface area contributed by atoms with Crippen LogP contribution in [0.15, 0.2) is 18.3 Å². The van der Waals surface area contributed by atoms with Crippen LogP contribution in [0.1, 0.15) is 11.3 Å². The minimum Gasteiger partial charge on any atom is -0.480 e. The van der Waals surface area contributed by atoms with E-state index in [0.29, 0.717) is 6.54 Å². The van der Waals surface area contributed by atoms with Crippen molar-refractivity contribution in [2.24, 2.45) is 0 Å². The fourth-order valence-corrected chi connectivity index (χ4v) is 1.33. The summed E-state index contributed by atoms with van der Waals surface area (Å²) in [6.45, 7) is 2.30. The molecule has 7 nitrogen and oxygen atoms in total. The summed E-state index contributed by atoms with van der Waals surface area (Å²) in [5.41, 5.74) is 1.81. The highest BCUT2D eigenvalue weighted by atomic mass is 16.5. The van der Waals surface area contributed by atoms with Crippen molar-refractivity contribution in [1.82, 2.24) is 15.6 Å². The Hall–Kier alpha value is -2.15. The van der Waals surface area contributed by atoms with Gasteiger partial charge >= 0.3 is 12.0 Å². The summed E-state index contributed by atoms with van der Waals surface area (Å²) in [5, 5.41) is 13.5. The molecule has 0 unspecified atom stereocenters. The maximum atomic E-state index is 11.4. The second-order valence-electron chi connectivity index (χ2n) is 3.82. The number of pyridine rings is 1. The van der Waals surface area contributed by atoms with Crippen LogP contribution < -0.4 is 10.6 Å². The number of carboxylic acids is 1. The number of aliphatic carboxylic acids is 1. The van der Waals surface area contributed by atoms with E-state index in [1.54, 1.807) is 6.20 Å². The van der Waals surface area contributed by atoms with E-state index in [4.69, 9.17) is 9.84 Å². The number of hydrogen-bond acceptors (Lipinski definition) is 4. The third-order valence-corrected chi connectivity index (χ3v) is 2.29. The Morgan fingerprint density at radius 1 is 1.42 bits per heavy atom. The van der Waals surface area contributed by atoms with Crippen molar-refractivity contribution in [3.63, 3.8) is 0 Å². The predicted molar refractivity (Wildman–Crippen MR) is 67.7 cm³/mol. The van der Waals surface area contributed by atoms with E-state index < -0.39 is 5.97 Å². The molecular weight excluding hydrogens is 250 g/mol. The largest absolute Gasteiger partial charge is 0.480 e. The molecule has 1 heterocycles. The minimum atomic E-state index is -1.03. The van der Waals surface area contributed by atoms with Crippen molar-refractivity contribution in [2.45, 2.75) is 13.5 Å². The van der Waals surface area contributed by atoms with Gasteiger partial charge < -0.3 is 20.5 Å². The van der Waals surface area contributed by atoms with Crippen LogP contribution in [-0.4, -0.2) is 41.8 Å². The van der Waals surface area contributed by atoms with Gasteiger partial charge in [-0.3, -0.25) is 4.98 Å². The van der Waals surface area contributed by atoms with Crippen LogP contribution in [-0.2, 0) is 16.1 Å². The van der Waals surface area contributed by atoms with Crippen LogP contribution in [0.3, 0.4) is 0 Å². The number of carbonyl (C=O) groups is 2. The molecule has 1 aromatic rings. The standard InChI is InChI=1S/C12H17N3O4/c1-9-3-2-4-13-10(9)7-15-12(18)14-5-6-19-8-11(16)17/h2-4H,5-8H2,1H3,(H,16,17)(H2,14,15,18). The summed E-state index contributed by atoms with van der Waals surface area (Å²) in [7, 11) is 0. The topological polar surface area (TPSA) is 101 Å². The van der Waals surface area contributed by atoms with Crippen molar-refractivity contribution >= 4 is 12.0 Å². The van der Waals surface area contributed by atoms with Gasteiger partial charge in [-0.25, -0.2) is 9.59 Å². The molecule has 7 heteroatoms. The fourth-order valence-electron chi connectivity index (χ4n) is 1.33. The lowest BCUT2D eigenvalue weighted by atomic mass is 10.2. The summed E-state index contributed by atoms with van der Waals surface area (Å²) >= 11 is 0. The average molecular weight is 267 g/mol. The molecule has 0 fully saturated rings. The number of hydrogen-bond donors (Lipinski definition) is 3. The Bertz CT molecular complexity index is 437. The van der Waals surface area contributed by atoms with Crippen molar-refractivity contribution in [2.75, 3.05) is 19.8 Å². The summed E-state index contributed by atoms with van der Waals surface area (Å²) < 4.78 is 4.77. The van der Waals surface area contributed by atoms with Gasteiger partial charge in [0.25, 0.3) is 0 Å². The molecule has 104 valence electrons. The molecule has 0 aliphatic carbocycles. The molecule has 0 spiro atoms. The quantitative estimate of drug-likeness (QED) is 0.616. The van der Waals surface area contributed by atoms with E-state index in [1.165, 1.54) is 0 Å². The third kappa shape index (κ3) is 6.37. The summed E-state index contributed by atoms with van der Waals surface area (Å²) in [4.78, 5) is 25.7. The maximum Gasteiger partial charge on any atom is 0.329 e. The number of nitrogens with one attached hydrogen (secondary N) is 2. The zero-order chi connectivity index (χ0) is 14.1. The first-order valence-corrected chi connectivity index (χ1v) is 5.81. The van der Waals surface area contributed by atoms with Gasteiger partial charge in [0.15, 0.2) is 0 Å². The Kier molecular flexibility index (Phi) is 6.31. The molecule has 2 amide bonds. The van der Waals surface area contributed by atoms with Crippen molar-refractivity contribution in [1.29, 1.82) is 0 Å². The highest BCUT2D eigenvalue weighted by molar-refractivity contribution is 5.73. The normalized spacial score (nSPS) is 9.95. The molecule has 0 aromatic carbocycles. The molecule has 0 aliphatic rings. The van der Waals surface area contributed by atoms with Gasteiger partial charge in [0, 0.05) is 12.7 Å². The van der Waals surface area contributed by atoms with Gasteiger partial charge in [-0.1, -0.05) is 6.07 Å². The van der Waals surface area contributed by atoms with E-state index >= 15 is 0 Å². The zero-order valence-corrected chi connectivity index (χ0v) is 10.7. The molecule has 1 rings (SSSR count). The first-order chi connectivity index (χ1) is 9.09. The summed E-state index contributed by atoms with van der Waals surface area (Å²) in [5.74, 6) is -1.03. The fraction of sp³-hybridized carbons (Fsp3) is 0.417. The SMILES string of the molecule is Cc1cccnc1CNC(=O)NCCOCC(=O)O. The molecule has 1 aromatic heterocycles. The number of amides is 2. The van der Waals surface area contributed by atoms with Crippen LogP contribution >= 0.6 is 0 Å². The van der Waals surface area contributed by atoms with Crippen molar-refractivity contribution in [3.05, 3.63) is 29.6 Å². The molecule has 0 saturated carbocycles. The van der Waals surface area contributed by atoms with E-state index in [1.807, 2.05) is 19.1 Å². The van der Waals surface area contributed by atoms with Crippen LogP contribution in [0.25, 0.3) is 0 Å². The first kappa shape index (κ1) is 14.9. The monoisotopic (exact) mass is 267 g/mol. The molecule has 0 radical (unpaired) electrons. The highest BCUT2D eigenvalue weighted by Crippen LogP contribution is 2.01. The Morgan fingerprint density at radius 3 is 2.89 bits per heavy atom. The van der Waals surface area contributed by atoms with E-state index in [0.717, 1.165) is 11.3 Å². The molecule has 0 atom stereocenters. The van der Waals surface area contributed by atoms with Crippen LogP contribution in [0, 0.1) is 6.92 Å². The minimum absolute atomic E-state index is 0.155. The number of ether oxygens (including phenoxy) is 1. The molecule has 19 heavy (non-hydrogen) atoms. The average Bonchev–Trinajstić information content (AvgIpc) is 2.37. The molecule has 0 bridgehead atoms.